The fourth-order valence-corrected chi connectivity index (χ4v) is 2.15. The monoisotopic (exact) mass is 263 g/mol. The Bertz CT molecular complexity index is 417. The van der Waals surface area contributed by atoms with Gasteiger partial charge in [-0.3, -0.25) is 0 Å². The van der Waals surface area contributed by atoms with E-state index in [1.807, 2.05) is 44.2 Å². The van der Waals surface area contributed by atoms with Gasteiger partial charge in [0.15, 0.2) is 0 Å². The summed E-state index contributed by atoms with van der Waals surface area (Å²) < 4.78 is 11.0. The van der Waals surface area contributed by atoms with E-state index in [0.717, 1.165) is 12.0 Å². The van der Waals surface area contributed by atoms with Crippen LogP contribution in [0.25, 0.3) is 0 Å². The Hall–Kier alpha value is -1.55. The normalized spacial score (nSPS) is 18.7. The van der Waals surface area contributed by atoms with Crippen molar-refractivity contribution >= 4 is 6.09 Å². The van der Waals surface area contributed by atoms with Crippen molar-refractivity contribution < 1.29 is 14.3 Å². The zero-order valence-corrected chi connectivity index (χ0v) is 11.6. The molecular formula is C15H21NO3. The van der Waals surface area contributed by atoms with Crippen LogP contribution < -0.4 is 0 Å². The summed E-state index contributed by atoms with van der Waals surface area (Å²) in [4.78, 5) is 13.8. The van der Waals surface area contributed by atoms with Crippen LogP contribution >= 0.6 is 0 Å². The molecule has 4 heteroatoms. The van der Waals surface area contributed by atoms with Gasteiger partial charge in [0.05, 0.1) is 12.1 Å². The first kappa shape index (κ1) is 13.9. The van der Waals surface area contributed by atoms with Gasteiger partial charge in [0.25, 0.3) is 0 Å². The summed E-state index contributed by atoms with van der Waals surface area (Å²) in [6.45, 7) is 6.26. The minimum atomic E-state index is -0.303. The van der Waals surface area contributed by atoms with Crippen LogP contribution in [0, 0.1) is 0 Å². The van der Waals surface area contributed by atoms with Crippen LogP contribution in [0.2, 0.25) is 0 Å². The van der Waals surface area contributed by atoms with Crippen molar-refractivity contribution in [2.24, 2.45) is 0 Å². The van der Waals surface area contributed by atoms with E-state index in [9.17, 15) is 4.79 Å². The number of carbonyl (C=O) groups is 1. The molecule has 4 nitrogen and oxygen atoms in total. The number of nitrogens with zero attached hydrogens (tertiary/aromatic N) is 1. The van der Waals surface area contributed by atoms with Gasteiger partial charge in [-0.1, -0.05) is 30.3 Å². The molecule has 104 valence electrons. The van der Waals surface area contributed by atoms with E-state index >= 15 is 0 Å². The van der Waals surface area contributed by atoms with Crippen LogP contribution in [-0.4, -0.2) is 36.3 Å². The van der Waals surface area contributed by atoms with Gasteiger partial charge in [-0.2, -0.15) is 0 Å². The summed E-state index contributed by atoms with van der Waals surface area (Å²) in [5, 5.41) is 0. The number of carbonyl (C=O) groups excluding carboxylic acids is 1. The molecule has 1 amide bonds. The molecule has 0 bridgehead atoms. The minimum Gasteiger partial charge on any atom is -0.445 e. The summed E-state index contributed by atoms with van der Waals surface area (Å²) in [6.07, 6.45) is 0.589. The lowest BCUT2D eigenvalue weighted by Crippen LogP contribution is -2.41. The molecule has 0 radical (unpaired) electrons. The smallest absolute Gasteiger partial charge is 0.410 e. The van der Waals surface area contributed by atoms with E-state index < -0.39 is 0 Å². The van der Waals surface area contributed by atoms with Gasteiger partial charge in [-0.15, -0.1) is 0 Å². The molecule has 0 aromatic heterocycles. The fraction of sp³-hybridized carbons (Fsp3) is 0.533. The quantitative estimate of drug-likeness (QED) is 0.823. The van der Waals surface area contributed by atoms with Crippen molar-refractivity contribution in [1.82, 2.24) is 4.90 Å². The molecule has 1 saturated heterocycles. The maximum Gasteiger partial charge on any atom is 0.410 e. The summed E-state index contributed by atoms with van der Waals surface area (Å²) in [7, 11) is 0. The minimum absolute atomic E-state index is 0.262. The van der Waals surface area contributed by atoms with Gasteiger partial charge in [-0.05, 0) is 25.8 Å². The molecular weight excluding hydrogens is 242 g/mol. The second-order valence-electron chi connectivity index (χ2n) is 5.42. The van der Waals surface area contributed by atoms with E-state index in [1.54, 1.807) is 4.90 Å². The van der Waals surface area contributed by atoms with E-state index in [1.165, 1.54) is 0 Å². The number of hydrogen-bond donors (Lipinski definition) is 0. The standard InChI is InChI=1S/C15H21NO3/c1-15(2)12-16(9-6-10-19-15)14(17)18-11-13-7-4-3-5-8-13/h3-5,7-8H,6,9-12H2,1-2H3. The van der Waals surface area contributed by atoms with Gasteiger partial charge in [0, 0.05) is 13.2 Å². The third-order valence-electron chi connectivity index (χ3n) is 3.10. The summed E-state index contributed by atoms with van der Waals surface area (Å²) in [5.41, 5.74) is 0.698. The van der Waals surface area contributed by atoms with Crippen molar-refractivity contribution in [1.29, 1.82) is 0 Å². The van der Waals surface area contributed by atoms with Crippen LogP contribution in [0.5, 0.6) is 0 Å². The van der Waals surface area contributed by atoms with Gasteiger partial charge >= 0.3 is 6.09 Å². The Labute approximate surface area is 114 Å². The average molecular weight is 263 g/mol. The molecule has 0 N–H and O–H groups in total. The zero-order chi connectivity index (χ0) is 13.7. The Morgan fingerprint density at radius 1 is 1.37 bits per heavy atom. The van der Waals surface area contributed by atoms with Crippen LogP contribution in [0.1, 0.15) is 25.8 Å². The lowest BCUT2D eigenvalue weighted by atomic mass is 10.1. The molecule has 1 heterocycles. The van der Waals surface area contributed by atoms with Crippen molar-refractivity contribution in [3.05, 3.63) is 35.9 Å². The lowest BCUT2D eigenvalue weighted by molar-refractivity contribution is -0.0177. The Kier molecular flexibility index (Phi) is 4.43. The SMILES string of the molecule is CC1(C)CN(C(=O)OCc2ccccc2)CCCO1. The van der Waals surface area contributed by atoms with Crippen LogP contribution in [0.15, 0.2) is 30.3 Å². The van der Waals surface area contributed by atoms with Gasteiger partial charge in [0.2, 0.25) is 0 Å². The number of benzene rings is 1. The number of rotatable bonds is 2. The Balaban J connectivity index is 1.88. The van der Waals surface area contributed by atoms with E-state index in [0.29, 0.717) is 26.3 Å². The average Bonchev–Trinajstić information content (AvgIpc) is 2.58. The molecule has 0 aliphatic carbocycles. The van der Waals surface area contributed by atoms with Crippen molar-refractivity contribution in [2.75, 3.05) is 19.7 Å². The lowest BCUT2D eigenvalue weighted by Gasteiger charge is -2.28. The molecule has 1 aromatic carbocycles. The van der Waals surface area contributed by atoms with Crippen molar-refractivity contribution in [3.63, 3.8) is 0 Å². The van der Waals surface area contributed by atoms with Crippen LogP contribution in [0.3, 0.4) is 0 Å². The summed E-state index contributed by atoms with van der Waals surface area (Å²) in [5.74, 6) is 0. The highest BCUT2D eigenvalue weighted by Crippen LogP contribution is 2.17. The molecule has 0 saturated carbocycles. The number of hydrogen-bond acceptors (Lipinski definition) is 3. The third kappa shape index (κ3) is 4.24. The second-order valence-corrected chi connectivity index (χ2v) is 5.42. The number of amides is 1. The molecule has 2 rings (SSSR count). The summed E-state index contributed by atoms with van der Waals surface area (Å²) >= 11 is 0. The Morgan fingerprint density at radius 3 is 2.84 bits per heavy atom. The van der Waals surface area contributed by atoms with E-state index in [-0.39, 0.29) is 11.7 Å². The largest absolute Gasteiger partial charge is 0.445 e. The highest BCUT2D eigenvalue weighted by Gasteiger charge is 2.28. The van der Waals surface area contributed by atoms with Crippen molar-refractivity contribution in [2.45, 2.75) is 32.5 Å². The zero-order valence-electron chi connectivity index (χ0n) is 11.6. The predicted molar refractivity (Wildman–Crippen MR) is 72.8 cm³/mol. The van der Waals surface area contributed by atoms with Crippen LogP contribution in [-0.2, 0) is 16.1 Å². The first-order chi connectivity index (χ1) is 9.07. The molecule has 1 aliphatic rings. The molecule has 19 heavy (non-hydrogen) atoms. The molecule has 0 unspecified atom stereocenters. The third-order valence-corrected chi connectivity index (χ3v) is 3.10. The first-order valence-electron chi connectivity index (χ1n) is 6.66. The first-order valence-corrected chi connectivity index (χ1v) is 6.66. The van der Waals surface area contributed by atoms with Gasteiger partial charge in [-0.25, -0.2) is 4.79 Å². The maximum atomic E-state index is 12.1. The van der Waals surface area contributed by atoms with Gasteiger partial charge in [0.1, 0.15) is 6.61 Å². The fourth-order valence-electron chi connectivity index (χ4n) is 2.15. The highest BCUT2D eigenvalue weighted by atomic mass is 16.6. The molecule has 0 spiro atoms. The second kappa shape index (κ2) is 6.06. The summed E-state index contributed by atoms with van der Waals surface area (Å²) in [6, 6.07) is 9.71. The molecule has 1 aliphatic heterocycles. The van der Waals surface area contributed by atoms with E-state index in [2.05, 4.69) is 0 Å². The van der Waals surface area contributed by atoms with Crippen molar-refractivity contribution in [3.8, 4) is 0 Å². The number of ether oxygens (including phenoxy) is 2. The molecule has 0 atom stereocenters. The maximum absolute atomic E-state index is 12.1. The van der Waals surface area contributed by atoms with E-state index in [4.69, 9.17) is 9.47 Å². The topological polar surface area (TPSA) is 38.8 Å². The molecule has 1 fully saturated rings. The highest BCUT2D eigenvalue weighted by molar-refractivity contribution is 5.67. The Morgan fingerprint density at radius 2 is 2.11 bits per heavy atom. The predicted octanol–water partition coefficient (Wildman–Crippen LogP) is 2.82. The molecule has 1 aromatic rings. The van der Waals surface area contributed by atoms with Crippen LogP contribution in [0.4, 0.5) is 4.79 Å². The van der Waals surface area contributed by atoms with Gasteiger partial charge < -0.3 is 14.4 Å².